The number of hydrogen-bond donors (Lipinski definition) is 1. The summed E-state index contributed by atoms with van der Waals surface area (Å²) in [5, 5.41) is 3.58. The highest BCUT2D eigenvalue weighted by atomic mass is 15.1. The Morgan fingerprint density at radius 1 is 1.32 bits per heavy atom. The molecule has 19 heavy (non-hydrogen) atoms. The Labute approximate surface area is 119 Å². The lowest BCUT2D eigenvalue weighted by atomic mass is 9.76. The van der Waals surface area contributed by atoms with Gasteiger partial charge in [-0.1, -0.05) is 13.8 Å². The van der Waals surface area contributed by atoms with Gasteiger partial charge in [-0.15, -0.1) is 0 Å². The number of nitrogens with one attached hydrogen (secondary N) is 1. The molecule has 2 rings (SSSR count). The zero-order chi connectivity index (χ0) is 13.9. The van der Waals surface area contributed by atoms with Gasteiger partial charge in [-0.3, -0.25) is 0 Å². The third kappa shape index (κ3) is 3.93. The van der Waals surface area contributed by atoms with E-state index >= 15 is 0 Å². The minimum absolute atomic E-state index is 0.514. The highest BCUT2D eigenvalue weighted by Gasteiger charge is 2.37. The second-order valence-corrected chi connectivity index (χ2v) is 7.39. The molecule has 1 N–H and O–H groups in total. The van der Waals surface area contributed by atoms with E-state index in [0.717, 1.165) is 11.8 Å². The predicted molar refractivity (Wildman–Crippen MR) is 82.5 cm³/mol. The summed E-state index contributed by atoms with van der Waals surface area (Å²) in [6.07, 6.45) is 4.12. The summed E-state index contributed by atoms with van der Waals surface area (Å²) in [7, 11) is 4.58. The molecule has 0 radical (unpaired) electrons. The molecule has 0 aromatic heterocycles. The summed E-state index contributed by atoms with van der Waals surface area (Å²) in [6.45, 7) is 12.4. The molecule has 2 fully saturated rings. The van der Waals surface area contributed by atoms with Crippen LogP contribution >= 0.6 is 0 Å². The molecular weight excluding hydrogens is 234 g/mol. The van der Waals surface area contributed by atoms with Gasteiger partial charge in [0.15, 0.2) is 0 Å². The molecule has 3 heteroatoms. The van der Waals surface area contributed by atoms with Crippen LogP contribution in [-0.2, 0) is 0 Å². The van der Waals surface area contributed by atoms with Gasteiger partial charge in [0, 0.05) is 19.6 Å². The van der Waals surface area contributed by atoms with Crippen molar-refractivity contribution in [3.05, 3.63) is 0 Å². The first-order valence-electron chi connectivity index (χ1n) is 8.10. The molecule has 2 saturated heterocycles. The highest BCUT2D eigenvalue weighted by molar-refractivity contribution is 4.92. The summed E-state index contributed by atoms with van der Waals surface area (Å²) in [4.78, 5) is 5.08. The van der Waals surface area contributed by atoms with E-state index in [9.17, 15) is 0 Å². The Kier molecular flexibility index (Phi) is 5.27. The smallest absolute Gasteiger partial charge is 0.00501 e. The maximum atomic E-state index is 3.58. The van der Waals surface area contributed by atoms with E-state index in [1.54, 1.807) is 0 Å². The van der Waals surface area contributed by atoms with E-state index in [2.05, 4.69) is 43.1 Å². The monoisotopic (exact) mass is 267 g/mol. The molecule has 0 amide bonds. The van der Waals surface area contributed by atoms with E-state index in [1.165, 1.54) is 58.5 Å². The van der Waals surface area contributed by atoms with Crippen molar-refractivity contribution in [1.29, 1.82) is 0 Å². The Hall–Kier alpha value is -0.120. The molecule has 0 saturated carbocycles. The first kappa shape index (κ1) is 15.3. The van der Waals surface area contributed by atoms with E-state index in [4.69, 9.17) is 0 Å². The first-order valence-corrected chi connectivity index (χ1v) is 8.10. The van der Waals surface area contributed by atoms with Gasteiger partial charge in [0.25, 0.3) is 0 Å². The third-order valence-electron chi connectivity index (χ3n) is 5.49. The van der Waals surface area contributed by atoms with E-state index in [-0.39, 0.29) is 0 Å². The van der Waals surface area contributed by atoms with Crippen LogP contribution in [0.1, 0.15) is 33.1 Å². The Balaban J connectivity index is 1.81. The fourth-order valence-electron chi connectivity index (χ4n) is 3.86. The third-order valence-corrected chi connectivity index (χ3v) is 5.49. The molecule has 0 bridgehead atoms. The van der Waals surface area contributed by atoms with Crippen LogP contribution in [0.2, 0.25) is 0 Å². The average Bonchev–Trinajstić information content (AvgIpc) is 2.82. The standard InChI is InChI=1S/C16H33N3/c1-14(2)16(7-8-17-12-16)13-19(4)11-15-5-9-18(3)10-6-15/h14-15,17H,5-13H2,1-4H3. The van der Waals surface area contributed by atoms with Crippen LogP contribution in [0.3, 0.4) is 0 Å². The van der Waals surface area contributed by atoms with Crippen LogP contribution in [-0.4, -0.2) is 63.2 Å². The largest absolute Gasteiger partial charge is 0.316 e. The molecule has 0 aromatic carbocycles. The molecule has 0 spiro atoms. The van der Waals surface area contributed by atoms with Crippen molar-refractivity contribution in [2.45, 2.75) is 33.1 Å². The maximum absolute atomic E-state index is 3.58. The lowest BCUT2D eigenvalue weighted by molar-refractivity contribution is 0.108. The summed E-state index contributed by atoms with van der Waals surface area (Å²) in [6, 6.07) is 0. The van der Waals surface area contributed by atoms with Crippen LogP contribution in [0.15, 0.2) is 0 Å². The average molecular weight is 267 g/mol. The van der Waals surface area contributed by atoms with E-state index < -0.39 is 0 Å². The number of nitrogens with zero attached hydrogens (tertiary/aromatic N) is 2. The molecule has 2 aliphatic heterocycles. The molecule has 3 nitrogen and oxygen atoms in total. The lowest BCUT2D eigenvalue weighted by Gasteiger charge is -2.39. The molecule has 112 valence electrons. The van der Waals surface area contributed by atoms with Gasteiger partial charge in [0.05, 0.1) is 0 Å². The van der Waals surface area contributed by atoms with Crippen LogP contribution in [0.25, 0.3) is 0 Å². The second kappa shape index (κ2) is 6.55. The molecule has 2 heterocycles. The summed E-state index contributed by atoms with van der Waals surface area (Å²) in [5.41, 5.74) is 0.514. The summed E-state index contributed by atoms with van der Waals surface area (Å²) >= 11 is 0. The fourth-order valence-corrected chi connectivity index (χ4v) is 3.86. The fraction of sp³-hybridized carbons (Fsp3) is 1.00. The van der Waals surface area contributed by atoms with Gasteiger partial charge in [-0.2, -0.15) is 0 Å². The van der Waals surface area contributed by atoms with Crippen molar-refractivity contribution in [3.63, 3.8) is 0 Å². The summed E-state index contributed by atoms with van der Waals surface area (Å²) in [5.74, 6) is 1.70. The van der Waals surface area contributed by atoms with E-state index in [0.29, 0.717) is 5.41 Å². The molecule has 0 aromatic rings. The van der Waals surface area contributed by atoms with Crippen molar-refractivity contribution in [2.24, 2.45) is 17.3 Å². The van der Waals surface area contributed by atoms with Crippen LogP contribution in [0, 0.1) is 17.3 Å². The SMILES string of the molecule is CC(C)C1(CN(C)CC2CCN(C)CC2)CCNC1. The Bertz CT molecular complexity index is 263. The topological polar surface area (TPSA) is 18.5 Å². The van der Waals surface area contributed by atoms with Gasteiger partial charge < -0.3 is 15.1 Å². The van der Waals surface area contributed by atoms with Crippen LogP contribution < -0.4 is 5.32 Å². The molecule has 0 aliphatic carbocycles. The number of likely N-dealkylation sites (tertiary alicyclic amines) is 1. The molecule has 2 aliphatic rings. The zero-order valence-electron chi connectivity index (χ0n) is 13.4. The highest BCUT2D eigenvalue weighted by Crippen LogP contribution is 2.35. The van der Waals surface area contributed by atoms with Crippen LogP contribution in [0.5, 0.6) is 0 Å². The number of hydrogen-bond acceptors (Lipinski definition) is 3. The normalized spacial score (nSPS) is 30.6. The minimum Gasteiger partial charge on any atom is -0.316 e. The van der Waals surface area contributed by atoms with Gasteiger partial charge >= 0.3 is 0 Å². The van der Waals surface area contributed by atoms with Crippen molar-refractivity contribution in [2.75, 3.05) is 53.4 Å². The molecule has 1 atom stereocenters. The van der Waals surface area contributed by atoms with Gasteiger partial charge in [-0.05, 0) is 70.2 Å². The van der Waals surface area contributed by atoms with Crippen molar-refractivity contribution in [1.82, 2.24) is 15.1 Å². The van der Waals surface area contributed by atoms with Gasteiger partial charge in [0.1, 0.15) is 0 Å². The first-order chi connectivity index (χ1) is 9.02. The predicted octanol–water partition coefficient (Wildman–Crippen LogP) is 1.90. The van der Waals surface area contributed by atoms with Crippen molar-refractivity contribution >= 4 is 0 Å². The van der Waals surface area contributed by atoms with Crippen molar-refractivity contribution < 1.29 is 0 Å². The lowest BCUT2D eigenvalue weighted by Crippen LogP contribution is -2.44. The quantitative estimate of drug-likeness (QED) is 0.821. The zero-order valence-corrected chi connectivity index (χ0v) is 13.4. The van der Waals surface area contributed by atoms with Crippen LogP contribution in [0.4, 0.5) is 0 Å². The second-order valence-electron chi connectivity index (χ2n) is 7.39. The Morgan fingerprint density at radius 3 is 2.53 bits per heavy atom. The summed E-state index contributed by atoms with van der Waals surface area (Å²) < 4.78 is 0. The molecular formula is C16H33N3. The van der Waals surface area contributed by atoms with Crippen molar-refractivity contribution in [3.8, 4) is 0 Å². The Morgan fingerprint density at radius 2 is 2.00 bits per heavy atom. The number of rotatable bonds is 5. The maximum Gasteiger partial charge on any atom is 0.00501 e. The number of piperidine rings is 1. The van der Waals surface area contributed by atoms with Gasteiger partial charge in [0.2, 0.25) is 0 Å². The minimum atomic E-state index is 0.514. The molecule has 1 unspecified atom stereocenters. The van der Waals surface area contributed by atoms with E-state index in [1.807, 2.05) is 0 Å². The van der Waals surface area contributed by atoms with Gasteiger partial charge in [-0.25, -0.2) is 0 Å².